The summed E-state index contributed by atoms with van der Waals surface area (Å²) in [7, 11) is 1.37. The van der Waals surface area contributed by atoms with Crippen LogP contribution in [0, 0.1) is 0 Å². The zero-order chi connectivity index (χ0) is 10.3. The van der Waals surface area contributed by atoms with Crippen molar-refractivity contribution >= 4 is 5.97 Å². The van der Waals surface area contributed by atoms with E-state index < -0.39 is 0 Å². The van der Waals surface area contributed by atoms with Gasteiger partial charge in [0.05, 0.1) is 7.11 Å². The molecule has 2 nitrogen and oxygen atoms in total. The fourth-order valence-electron chi connectivity index (χ4n) is 0.685. The van der Waals surface area contributed by atoms with Gasteiger partial charge < -0.3 is 4.74 Å². The molecule has 0 aliphatic carbocycles. The van der Waals surface area contributed by atoms with Gasteiger partial charge >= 0.3 is 5.97 Å². The molecular weight excluding hydrogens is 164 g/mol. The molecule has 0 aliphatic rings. The largest absolute Gasteiger partial charge is 0.466 e. The van der Waals surface area contributed by atoms with Crippen molar-refractivity contribution in [2.45, 2.75) is 20.8 Å². The fourth-order valence-corrected chi connectivity index (χ4v) is 0.685. The Labute approximate surface area is 79.6 Å². The normalized spacial score (nSPS) is 11.5. The second-order valence-electron chi connectivity index (χ2n) is 3.01. The van der Waals surface area contributed by atoms with Gasteiger partial charge in [-0.1, -0.05) is 23.8 Å². The molecule has 72 valence electrons. The summed E-state index contributed by atoms with van der Waals surface area (Å²) in [6.07, 6.45) is 7.21. The van der Waals surface area contributed by atoms with Crippen molar-refractivity contribution in [2.75, 3.05) is 7.11 Å². The van der Waals surface area contributed by atoms with Gasteiger partial charge in [0.1, 0.15) is 0 Å². The molecule has 0 heterocycles. The lowest BCUT2D eigenvalue weighted by Crippen LogP contribution is -1.94. The third-order valence-corrected chi connectivity index (χ3v) is 1.34. The van der Waals surface area contributed by atoms with Gasteiger partial charge in [0, 0.05) is 6.08 Å². The zero-order valence-corrected chi connectivity index (χ0v) is 8.63. The standard InChI is InChI=1S/C11H16O2/c1-9(2)6-5-7-10(3)8-11(12)13-4/h5-8H,1-4H3. The van der Waals surface area contributed by atoms with Gasteiger partial charge in [0.15, 0.2) is 0 Å². The predicted molar refractivity (Wildman–Crippen MR) is 54.3 cm³/mol. The Hall–Kier alpha value is -1.31. The third-order valence-electron chi connectivity index (χ3n) is 1.34. The van der Waals surface area contributed by atoms with Crippen molar-refractivity contribution < 1.29 is 9.53 Å². The van der Waals surface area contributed by atoms with Crippen molar-refractivity contribution in [1.29, 1.82) is 0 Å². The number of hydrogen-bond acceptors (Lipinski definition) is 2. The first-order valence-electron chi connectivity index (χ1n) is 4.14. The zero-order valence-electron chi connectivity index (χ0n) is 8.63. The van der Waals surface area contributed by atoms with E-state index in [1.165, 1.54) is 18.8 Å². The first-order chi connectivity index (χ1) is 6.06. The van der Waals surface area contributed by atoms with Crippen LogP contribution in [0.2, 0.25) is 0 Å². The molecule has 0 N–H and O–H groups in total. The quantitative estimate of drug-likeness (QED) is 0.379. The van der Waals surface area contributed by atoms with E-state index in [2.05, 4.69) is 4.74 Å². The molecule has 0 fully saturated rings. The summed E-state index contributed by atoms with van der Waals surface area (Å²) in [5.41, 5.74) is 2.10. The van der Waals surface area contributed by atoms with Crippen molar-refractivity contribution in [2.24, 2.45) is 0 Å². The average molecular weight is 180 g/mol. The highest BCUT2D eigenvalue weighted by molar-refractivity contribution is 5.83. The van der Waals surface area contributed by atoms with Crippen LogP contribution in [0.1, 0.15) is 20.8 Å². The molecule has 0 saturated heterocycles. The molecule has 0 atom stereocenters. The van der Waals surface area contributed by atoms with E-state index in [-0.39, 0.29) is 5.97 Å². The first kappa shape index (κ1) is 11.7. The molecule has 0 unspecified atom stereocenters. The summed E-state index contributed by atoms with van der Waals surface area (Å²) in [6.45, 7) is 5.89. The van der Waals surface area contributed by atoms with E-state index in [4.69, 9.17) is 0 Å². The van der Waals surface area contributed by atoms with Crippen molar-refractivity contribution in [3.63, 3.8) is 0 Å². The average Bonchev–Trinajstić information content (AvgIpc) is 2.03. The Kier molecular flexibility index (Phi) is 5.60. The minimum absolute atomic E-state index is 0.320. The molecule has 0 aliphatic heterocycles. The second-order valence-corrected chi connectivity index (χ2v) is 3.01. The first-order valence-corrected chi connectivity index (χ1v) is 4.14. The molecular formula is C11H16O2. The molecule has 0 saturated carbocycles. The topological polar surface area (TPSA) is 26.3 Å². The monoisotopic (exact) mass is 180 g/mol. The van der Waals surface area contributed by atoms with Crippen LogP contribution >= 0.6 is 0 Å². The number of rotatable bonds is 3. The smallest absolute Gasteiger partial charge is 0.330 e. The van der Waals surface area contributed by atoms with Gasteiger partial charge in [-0.05, 0) is 26.3 Å². The van der Waals surface area contributed by atoms with E-state index in [9.17, 15) is 4.79 Å². The van der Waals surface area contributed by atoms with Crippen LogP contribution in [-0.2, 0) is 9.53 Å². The van der Waals surface area contributed by atoms with Gasteiger partial charge in [-0.2, -0.15) is 0 Å². The van der Waals surface area contributed by atoms with Crippen LogP contribution < -0.4 is 0 Å². The minimum atomic E-state index is -0.320. The summed E-state index contributed by atoms with van der Waals surface area (Å²) in [5, 5.41) is 0. The highest BCUT2D eigenvalue weighted by Gasteiger charge is 1.91. The van der Waals surface area contributed by atoms with E-state index in [1.807, 2.05) is 39.0 Å². The number of carbonyl (C=O) groups excluding carboxylic acids is 1. The minimum Gasteiger partial charge on any atom is -0.466 e. The number of allylic oxidation sites excluding steroid dienone is 5. The summed E-state index contributed by atoms with van der Waals surface area (Å²) in [4.78, 5) is 10.8. The van der Waals surface area contributed by atoms with Crippen LogP contribution in [-0.4, -0.2) is 13.1 Å². The van der Waals surface area contributed by atoms with E-state index >= 15 is 0 Å². The van der Waals surface area contributed by atoms with Gasteiger partial charge in [-0.3, -0.25) is 0 Å². The van der Waals surface area contributed by atoms with Crippen molar-refractivity contribution in [1.82, 2.24) is 0 Å². The lowest BCUT2D eigenvalue weighted by atomic mass is 10.2. The number of esters is 1. The van der Waals surface area contributed by atoms with E-state index in [0.29, 0.717) is 0 Å². The Bertz CT molecular complexity index is 253. The maximum absolute atomic E-state index is 10.8. The number of methoxy groups -OCH3 is 1. The number of carbonyl (C=O) groups is 1. The highest BCUT2D eigenvalue weighted by Crippen LogP contribution is 1.97. The SMILES string of the molecule is COC(=O)C=C(C)C=CC=C(C)C. The highest BCUT2D eigenvalue weighted by atomic mass is 16.5. The molecule has 0 amide bonds. The lowest BCUT2D eigenvalue weighted by Gasteiger charge is -1.91. The van der Waals surface area contributed by atoms with E-state index in [0.717, 1.165) is 5.57 Å². The molecule has 13 heavy (non-hydrogen) atoms. The van der Waals surface area contributed by atoms with Gasteiger partial charge in [-0.15, -0.1) is 0 Å². The Balaban J connectivity index is 4.21. The second kappa shape index (κ2) is 6.23. The molecule has 0 rings (SSSR count). The molecule has 0 bridgehead atoms. The van der Waals surface area contributed by atoms with Crippen LogP contribution in [0.15, 0.2) is 35.5 Å². The molecule has 0 aromatic rings. The van der Waals surface area contributed by atoms with Gasteiger partial charge in [-0.25, -0.2) is 4.79 Å². The van der Waals surface area contributed by atoms with Crippen molar-refractivity contribution in [3.8, 4) is 0 Å². The van der Waals surface area contributed by atoms with Crippen LogP contribution in [0.5, 0.6) is 0 Å². The fraction of sp³-hybridized carbons (Fsp3) is 0.364. The van der Waals surface area contributed by atoms with Crippen LogP contribution in [0.3, 0.4) is 0 Å². The molecule has 0 radical (unpaired) electrons. The molecule has 0 aromatic carbocycles. The summed E-state index contributed by atoms with van der Waals surface area (Å²) >= 11 is 0. The van der Waals surface area contributed by atoms with Gasteiger partial charge in [0.2, 0.25) is 0 Å². The summed E-state index contributed by atoms with van der Waals surface area (Å²) in [5.74, 6) is -0.320. The summed E-state index contributed by atoms with van der Waals surface area (Å²) in [6, 6.07) is 0. The van der Waals surface area contributed by atoms with Gasteiger partial charge in [0.25, 0.3) is 0 Å². The van der Waals surface area contributed by atoms with Crippen LogP contribution in [0.25, 0.3) is 0 Å². The Morgan fingerprint density at radius 2 is 1.85 bits per heavy atom. The number of ether oxygens (including phenoxy) is 1. The maximum atomic E-state index is 10.8. The molecule has 0 aromatic heterocycles. The predicted octanol–water partition coefficient (Wildman–Crippen LogP) is 2.63. The maximum Gasteiger partial charge on any atom is 0.330 e. The summed E-state index contributed by atoms with van der Waals surface area (Å²) < 4.78 is 4.48. The Morgan fingerprint density at radius 1 is 1.23 bits per heavy atom. The molecule has 2 heteroatoms. The lowest BCUT2D eigenvalue weighted by molar-refractivity contribution is -0.134. The number of hydrogen-bond donors (Lipinski definition) is 0. The third kappa shape index (κ3) is 7.06. The van der Waals surface area contributed by atoms with Crippen molar-refractivity contribution in [3.05, 3.63) is 35.5 Å². The molecule has 0 spiro atoms. The van der Waals surface area contributed by atoms with Crippen LogP contribution in [0.4, 0.5) is 0 Å². The Morgan fingerprint density at radius 3 is 2.31 bits per heavy atom. The van der Waals surface area contributed by atoms with E-state index in [1.54, 1.807) is 0 Å².